The van der Waals surface area contributed by atoms with Crippen LogP contribution in [0, 0.1) is 5.92 Å². The smallest absolute Gasteiger partial charge is 0.330 e. The lowest BCUT2D eigenvalue weighted by Crippen LogP contribution is -2.57. The van der Waals surface area contributed by atoms with Gasteiger partial charge in [0.1, 0.15) is 39.8 Å². The highest BCUT2D eigenvalue weighted by molar-refractivity contribution is 7.13. The van der Waals surface area contributed by atoms with Crippen LogP contribution >= 0.6 is 11.3 Å². The number of nitrogens with one attached hydrogen (secondary N) is 3. The zero-order chi connectivity index (χ0) is 34.5. The van der Waals surface area contributed by atoms with Crippen LogP contribution in [0.15, 0.2) is 60.6 Å². The van der Waals surface area contributed by atoms with E-state index in [1.165, 1.54) is 27.1 Å². The van der Waals surface area contributed by atoms with E-state index in [-0.39, 0.29) is 31.8 Å². The third kappa shape index (κ3) is 7.21. The van der Waals surface area contributed by atoms with Crippen molar-refractivity contribution >= 4 is 35.2 Å². The summed E-state index contributed by atoms with van der Waals surface area (Å²) in [4.78, 5) is 61.0. The largest absolute Gasteiger partial charge is 0.497 e. The van der Waals surface area contributed by atoms with E-state index in [4.69, 9.17) is 14.9 Å². The number of ether oxygens (including phenoxy) is 1. The Balaban J connectivity index is 1.35. The van der Waals surface area contributed by atoms with E-state index in [1.54, 1.807) is 13.3 Å². The second-order valence-corrected chi connectivity index (χ2v) is 13.4. The van der Waals surface area contributed by atoms with Crippen molar-refractivity contribution in [3.63, 3.8) is 0 Å². The van der Waals surface area contributed by atoms with Gasteiger partial charge in [-0.05, 0) is 49.9 Å². The Bertz CT molecular complexity index is 1720. The second kappa shape index (κ2) is 14.6. The van der Waals surface area contributed by atoms with Crippen molar-refractivity contribution < 1.29 is 29.0 Å². The van der Waals surface area contributed by atoms with Crippen LogP contribution < -0.4 is 20.7 Å². The number of hydrogen-bond acceptors (Lipinski definition) is 9. The summed E-state index contributed by atoms with van der Waals surface area (Å²) < 4.78 is 5.32. The van der Waals surface area contributed by atoms with Crippen molar-refractivity contribution in [1.82, 2.24) is 40.8 Å². The van der Waals surface area contributed by atoms with Crippen LogP contribution in [0.2, 0.25) is 0 Å². The molecular weight excluding hydrogens is 648 g/mol. The predicted octanol–water partition coefficient (Wildman–Crippen LogP) is 3.55. The molecular formula is C34H40N8O6S. The van der Waals surface area contributed by atoms with Crippen LogP contribution in [0.1, 0.15) is 51.0 Å². The van der Waals surface area contributed by atoms with Crippen LogP contribution in [0.4, 0.5) is 4.79 Å². The Morgan fingerprint density at radius 2 is 1.98 bits per heavy atom. The molecule has 258 valence electrons. The van der Waals surface area contributed by atoms with Crippen LogP contribution in [0.25, 0.3) is 22.0 Å². The summed E-state index contributed by atoms with van der Waals surface area (Å²) in [6.45, 7) is 3.91. The maximum absolute atomic E-state index is 14.3. The van der Waals surface area contributed by atoms with Crippen LogP contribution in [-0.2, 0) is 14.4 Å². The van der Waals surface area contributed by atoms with Gasteiger partial charge in [-0.1, -0.05) is 31.1 Å². The first-order valence-corrected chi connectivity index (χ1v) is 17.3. The number of methoxy groups -OCH3 is 1. The molecule has 0 radical (unpaired) electrons. The molecule has 1 aliphatic carbocycles. The van der Waals surface area contributed by atoms with Gasteiger partial charge in [0.25, 0.3) is 0 Å². The maximum atomic E-state index is 14.3. The van der Waals surface area contributed by atoms with Gasteiger partial charge >= 0.3 is 12.0 Å². The number of nitrogens with zero attached hydrogens (tertiary/aromatic N) is 5. The van der Waals surface area contributed by atoms with E-state index in [2.05, 4.69) is 27.5 Å². The number of aliphatic carboxylic acids is 1. The average molecular weight is 689 g/mol. The summed E-state index contributed by atoms with van der Waals surface area (Å²) in [5, 5.41) is 30.6. The monoisotopic (exact) mass is 688 g/mol. The van der Waals surface area contributed by atoms with Gasteiger partial charge in [0.15, 0.2) is 0 Å². The third-order valence-corrected chi connectivity index (χ3v) is 10.1. The predicted molar refractivity (Wildman–Crippen MR) is 182 cm³/mol. The SMILES string of the molecule is C=CCNC(=O)N[C@@H]1CCCCC/C=C\[C@H]2C[C@]2(C(=O)O)NC(=O)[C@@H]2C[C@@H](n3nc(-c4ccc(OC)cc4)c(-c4nccs4)n3)CN2C1=O. The molecule has 49 heavy (non-hydrogen) atoms. The topological polar surface area (TPSA) is 181 Å². The van der Waals surface area contributed by atoms with Crippen molar-refractivity contribution in [2.75, 3.05) is 20.2 Å². The first kappa shape index (κ1) is 33.8. The van der Waals surface area contributed by atoms with Gasteiger partial charge in [0, 0.05) is 42.6 Å². The Morgan fingerprint density at radius 3 is 2.69 bits per heavy atom. The van der Waals surface area contributed by atoms with Crippen LogP contribution in [0.5, 0.6) is 5.75 Å². The number of rotatable bonds is 8. The van der Waals surface area contributed by atoms with Gasteiger partial charge < -0.3 is 30.7 Å². The number of urea groups is 1. The van der Waals surface area contributed by atoms with Crippen molar-refractivity contribution in [1.29, 1.82) is 0 Å². The van der Waals surface area contributed by atoms with E-state index in [9.17, 15) is 24.3 Å². The molecule has 3 aromatic rings. The van der Waals surface area contributed by atoms with Crippen molar-refractivity contribution in [2.45, 2.75) is 68.6 Å². The fourth-order valence-corrected chi connectivity index (χ4v) is 7.15. The summed E-state index contributed by atoms with van der Waals surface area (Å²) in [7, 11) is 1.59. The zero-order valence-electron chi connectivity index (χ0n) is 27.2. The number of amides is 4. The number of allylic oxidation sites excluding steroid dienone is 1. The van der Waals surface area contributed by atoms with Gasteiger partial charge in [0.05, 0.1) is 13.2 Å². The molecule has 1 saturated heterocycles. The average Bonchev–Trinajstić information content (AvgIpc) is 3.55. The molecule has 0 bridgehead atoms. The number of carbonyl (C=O) groups is 4. The molecule has 6 rings (SSSR count). The molecule has 14 nitrogen and oxygen atoms in total. The Kier molecular flexibility index (Phi) is 10.1. The molecule has 2 fully saturated rings. The molecule has 1 aromatic carbocycles. The number of carboxylic acids is 1. The second-order valence-electron chi connectivity index (χ2n) is 12.5. The number of carbonyl (C=O) groups excluding carboxylic acids is 3. The zero-order valence-corrected chi connectivity index (χ0v) is 28.0. The van der Waals surface area contributed by atoms with E-state index in [1.807, 2.05) is 41.8 Å². The van der Waals surface area contributed by atoms with E-state index in [0.29, 0.717) is 35.0 Å². The molecule has 3 aliphatic rings. The molecule has 2 aliphatic heterocycles. The molecule has 0 spiro atoms. The summed E-state index contributed by atoms with van der Waals surface area (Å²) in [5.41, 5.74) is 0.474. The lowest BCUT2D eigenvalue weighted by Gasteiger charge is -2.29. The highest BCUT2D eigenvalue weighted by Crippen LogP contribution is 2.45. The number of aromatic nitrogens is 4. The highest BCUT2D eigenvalue weighted by Gasteiger charge is 2.61. The first-order valence-electron chi connectivity index (χ1n) is 16.4. The number of fused-ring (bicyclic) bond motifs is 2. The molecule has 15 heteroatoms. The molecule has 0 unspecified atom stereocenters. The van der Waals surface area contributed by atoms with Crippen LogP contribution in [-0.4, -0.2) is 91.6 Å². The molecule has 5 atom stereocenters. The number of hydrogen-bond donors (Lipinski definition) is 4. The van der Waals surface area contributed by atoms with Crippen molar-refractivity contribution in [2.24, 2.45) is 5.92 Å². The quantitative estimate of drug-likeness (QED) is 0.258. The fraction of sp³-hybridized carbons (Fsp3) is 0.441. The normalized spacial score (nSPS) is 26.3. The lowest BCUT2D eigenvalue weighted by atomic mass is 10.0. The lowest BCUT2D eigenvalue weighted by molar-refractivity contribution is -0.145. The number of benzene rings is 1. The molecule has 4 amide bonds. The van der Waals surface area contributed by atoms with Crippen molar-refractivity contribution in [3.05, 3.63) is 60.6 Å². The van der Waals surface area contributed by atoms with Crippen LogP contribution in [0.3, 0.4) is 0 Å². The number of thiazole rings is 1. The Hall–Kier alpha value is -5.05. The van der Waals surface area contributed by atoms with E-state index in [0.717, 1.165) is 24.8 Å². The van der Waals surface area contributed by atoms with Gasteiger partial charge in [-0.25, -0.2) is 14.6 Å². The third-order valence-electron chi connectivity index (χ3n) is 9.30. The van der Waals surface area contributed by atoms with Gasteiger partial charge in [-0.3, -0.25) is 9.59 Å². The highest BCUT2D eigenvalue weighted by atomic mass is 32.1. The van der Waals surface area contributed by atoms with Gasteiger partial charge in [-0.2, -0.15) is 9.90 Å². The standard InChI is InChI=1S/C34H40N8O6S/c1-3-15-36-33(47)37-25-10-8-6-4-5-7-9-22-19-34(22,32(45)46)38-29(43)26-18-23(20-41(26)31(25)44)42-39-27(21-11-13-24(48-2)14-12-21)28(40-42)30-35-16-17-49-30/h3,7,9,11-14,16-17,22-23,25-26H,1,4-6,8,10,15,18-20H2,2H3,(H,38,43)(H,45,46)(H2,36,37,47)/b9-7-/t22-,23+,25+,26-,34-/m0/s1. The summed E-state index contributed by atoms with van der Waals surface area (Å²) in [6, 6.07) is 4.41. The molecule has 2 aromatic heterocycles. The minimum Gasteiger partial charge on any atom is -0.497 e. The van der Waals surface area contributed by atoms with E-state index < -0.39 is 47.5 Å². The maximum Gasteiger partial charge on any atom is 0.330 e. The summed E-state index contributed by atoms with van der Waals surface area (Å²) in [6.07, 6.45) is 10.9. The Labute approximate surface area is 287 Å². The van der Waals surface area contributed by atoms with Gasteiger partial charge in [-0.15, -0.1) is 23.0 Å². The van der Waals surface area contributed by atoms with Gasteiger partial charge in [0.2, 0.25) is 11.8 Å². The summed E-state index contributed by atoms with van der Waals surface area (Å²) in [5.74, 6) is -1.77. The molecule has 4 heterocycles. The fourth-order valence-electron chi connectivity index (χ4n) is 6.53. The molecule has 1 saturated carbocycles. The molecule has 4 N–H and O–H groups in total. The first-order chi connectivity index (χ1) is 23.7. The Morgan fingerprint density at radius 1 is 1.18 bits per heavy atom. The number of carboxylic acid groups (broad SMARTS) is 1. The minimum absolute atomic E-state index is 0.0703. The minimum atomic E-state index is -1.44. The van der Waals surface area contributed by atoms with E-state index >= 15 is 0 Å². The van der Waals surface area contributed by atoms with Crippen molar-refractivity contribution in [3.8, 4) is 27.7 Å². The summed E-state index contributed by atoms with van der Waals surface area (Å²) >= 11 is 1.41.